The number of aromatic nitrogens is 2. The van der Waals surface area contributed by atoms with E-state index >= 15 is 0 Å². The van der Waals surface area contributed by atoms with Gasteiger partial charge < -0.3 is 14.2 Å². The Kier molecular flexibility index (Phi) is 8.63. The van der Waals surface area contributed by atoms with Crippen LogP contribution in [0.2, 0.25) is 0 Å². The molecule has 0 spiro atoms. The number of fused-ring (bicyclic) bond motifs is 1. The fourth-order valence-electron chi connectivity index (χ4n) is 5.01. The molecule has 0 N–H and O–H groups in total. The second kappa shape index (κ2) is 12.5. The van der Waals surface area contributed by atoms with Crippen LogP contribution in [0.4, 0.5) is 5.69 Å². The van der Waals surface area contributed by atoms with E-state index in [1.807, 2.05) is 12.1 Å². The highest BCUT2D eigenvalue weighted by molar-refractivity contribution is 9.10. The van der Waals surface area contributed by atoms with E-state index in [9.17, 15) is 14.9 Å². The maximum absolute atomic E-state index is 13.6. The summed E-state index contributed by atoms with van der Waals surface area (Å²) in [6.07, 6.45) is 6.89. The first-order valence-electron chi connectivity index (χ1n) is 13.3. The summed E-state index contributed by atoms with van der Waals surface area (Å²) in [7, 11) is 3.04. The van der Waals surface area contributed by atoms with Gasteiger partial charge in [0.2, 0.25) is 5.75 Å². The fourth-order valence-corrected chi connectivity index (χ4v) is 5.37. The molecule has 1 aliphatic carbocycles. The fraction of sp³-hybridized carbons (Fsp3) is 0.300. The smallest absolute Gasteiger partial charge is 0.282 e. The first-order valence-corrected chi connectivity index (χ1v) is 14.1. The second-order valence-electron chi connectivity index (χ2n) is 9.79. The molecule has 5 rings (SSSR count). The van der Waals surface area contributed by atoms with Crippen molar-refractivity contribution in [3.63, 3.8) is 0 Å². The lowest BCUT2D eigenvalue weighted by Crippen LogP contribution is -2.25. The van der Waals surface area contributed by atoms with Gasteiger partial charge in [-0.1, -0.05) is 35.2 Å². The molecule has 1 saturated carbocycles. The van der Waals surface area contributed by atoms with Crippen molar-refractivity contribution < 1.29 is 19.1 Å². The summed E-state index contributed by atoms with van der Waals surface area (Å²) >= 11 is 3.46. The Balaban J connectivity index is 1.48. The minimum absolute atomic E-state index is 0.00699. The van der Waals surface area contributed by atoms with Crippen LogP contribution in [-0.4, -0.2) is 35.0 Å². The predicted molar refractivity (Wildman–Crippen MR) is 159 cm³/mol. The molecule has 0 amide bonds. The van der Waals surface area contributed by atoms with E-state index in [0.29, 0.717) is 39.5 Å². The van der Waals surface area contributed by atoms with E-state index in [1.165, 1.54) is 37.4 Å². The van der Waals surface area contributed by atoms with Gasteiger partial charge in [0.1, 0.15) is 12.4 Å². The number of methoxy groups -OCH3 is 2. The first kappa shape index (κ1) is 28.3. The largest absolute Gasteiger partial charge is 0.493 e. The van der Waals surface area contributed by atoms with Crippen LogP contribution in [0.1, 0.15) is 55.0 Å². The zero-order valence-corrected chi connectivity index (χ0v) is 24.3. The van der Waals surface area contributed by atoms with Gasteiger partial charge in [-0.25, -0.2) is 4.98 Å². The van der Waals surface area contributed by atoms with Crippen molar-refractivity contribution in [2.24, 2.45) is 5.10 Å². The van der Waals surface area contributed by atoms with Crippen LogP contribution in [0.25, 0.3) is 10.9 Å². The molecule has 0 aliphatic heterocycles. The van der Waals surface area contributed by atoms with Gasteiger partial charge in [-0.05, 0) is 60.9 Å². The minimum atomic E-state index is -0.448. The van der Waals surface area contributed by atoms with Crippen LogP contribution in [0, 0.1) is 10.1 Å². The Hall–Kier alpha value is -4.25. The summed E-state index contributed by atoms with van der Waals surface area (Å²) in [5.74, 6) is 2.02. The van der Waals surface area contributed by atoms with Crippen molar-refractivity contribution in [3.05, 3.63) is 96.5 Å². The number of ether oxygens (including phenoxy) is 3. The number of hydrogen-bond donors (Lipinski definition) is 0. The van der Waals surface area contributed by atoms with Crippen LogP contribution in [0.5, 0.6) is 17.2 Å². The predicted octanol–water partition coefficient (Wildman–Crippen LogP) is 6.59. The lowest BCUT2D eigenvalue weighted by Gasteiger charge is -2.22. The molecule has 0 radical (unpaired) electrons. The third kappa shape index (κ3) is 6.25. The Bertz CT molecular complexity index is 1640. The first-order chi connectivity index (χ1) is 19.9. The molecule has 0 atom stereocenters. The second-order valence-corrected chi connectivity index (χ2v) is 10.7. The maximum Gasteiger partial charge on any atom is 0.282 e. The lowest BCUT2D eigenvalue weighted by atomic mass is 9.88. The summed E-state index contributed by atoms with van der Waals surface area (Å²) in [4.78, 5) is 29.0. The van der Waals surface area contributed by atoms with Gasteiger partial charge in [0.15, 0.2) is 11.5 Å². The Morgan fingerprint density at radius 1 is 1.05 bits per heavy atom. The van der Waals surface area contributed by atoms with Crippen molar-refractivity contribution >= 4 is 38.7 Å². The van der Waals surface area contributed by atoms with E-state index in [1.54, 1.807) is 36.5 Å². The third-order valence-corrected chi connectivity index (χ3v) is 7.63. The summed E-state index contributed by atoms with van der Waals surface area (Å²) in [5, 5.41) is 16.0. The molecule has 0 saturated heterocycles. The quantitative estimate of drug-likeness (QED) is 0.118. The normalized spacial score (nSPS) is 13.9. The zero-order chi connectivity index (χ0) is 28.9. The van der Waals surface area contributed by atoms with Crippen LogP contribution in [0.15, 0.2) is 69.0 Å². The summed E-state index contributed by atoms with van der Waals surface area (Å²) in [6.45, 7) is 0.149. The van der Waals surface area contributed by atoms with Crippen molar-refractivity contribution in [1.29, 1.82) is 0 Å². The number of rotatable bonds is 9. The molecule has 1 heterocycles. The number of non-ortho nitro benzene ring substituents is 1. The van der Waals surface area contributed by atoms with Gasteiger partial charge in [-0.2, -0.15) is 9.78 Å². The lowest BCUT2D eigenvalue weighted by molar-refractivity contribution is -0.384. The minimum Gasteiger partial charge on any atom is -0.493 e. The third-order valence-electron chi connectivity index (χ3n) is 7.14. The van der Waals surface area contributed by atoms with E-state index in [-0.39, 0.29) is 23.8 Å². The van der Waals surface area contributed by atoms with Crippen LogP contribution in [0.3, 0.4) is 0 Å². The zero-order valence-electron chi connectivity index (χ0n) is 22.7. The molecule has 41 heavy (non-hydrogen) atoms. The number of nitro groups is 1. The Labute approximate surface area is 244 Å². The van der Waals surface area contributed by atoms with E-state index in [4.69, 9.17) is 19.2 Å². The van der Waals surface area contributed by atoms with Crippen LogP contribution < -0.4 is 19.8 Å². The molecule has 11 heteroatoms. The number of benzene rings is 3. The summed E-state index contributed by atoms with van der Waals surface area (Å²) in [5.41, 5.74) is 1.82. The van der Waals surface area contributed by atoms with Crippen LogP contribution in [-0.2, 0) is 6.61 Å². The number of halogens is 1. The van der Waals surface area contributed by atoms with Gasteiger partial charge in [-0.3, -0.25) is 14.9 Å². The van der Waals surface area contributed by atoms with Gasteiger partial charge in [0, 0.05) is 28.1 Å². The summed E-state index contributed by atoms with van der Waals surface area (Å²) < 4.78 is 19.4. The summed E-state index contributed by atoms with van der Waals surface area (Å²) in [6, 6.07) is 15.1. The van der Waals surface area contributed by atoms with Gasteiger partial charge in [-0.15, -0.1) is 0 Å². The van der Waals surface area contributed by atoms with E-state index < -0.39 is 4.92 Å². The Morgan fingerprint density at radius 3 is 2.37 bits per heavy atom. The topological polar surface area (TPSA) is 118 Å². The molecular weight excluding hydrogens is 592 g/mol. The highest BCUT2D eigenvalue weighted by atomic mass is 79.9. The maximum atomic E-state index is 13.6. The van der Waals surface area contributed by atoms with Crippen molar-refractivity contribution in [2.45, 2.75) is 44.6 Å². The number of nitrogens with zero attached hydrogens (tertiary/aromatic N) is 4. The van der Waals surface area contributed by atoms with Crippen molar-refractivity contribution in [1.82, 2.24) is 9.66 Å². The van der Waals surface area contributed by atoms with Gasteiger partial charge in [0.25, 0.3) is 11.2 Å². The molecule has 0 unspecified atom stereocenters. The highest BCUT2D eigenvalue weighted by Crippen LogP contribution is 2.39. The molecule has 1 aromatic heterocycles. The average Bonchev–Trinajstić information content (AvgIpc) is 3.00. The number of hydrogen-bond acceptors (Lipinski definition) is 8. The highest BCUT2D eigenvalue weighted by Gasteiger charge is 2.23. The van der Waals surface area contributed by atoms with E-state index in [2.05, 4.69) is 21.0 Å². The molecular formula is C30H29BrN4O6. The molecule has 1 aliphatic rings. The SMILES string of the molecule is COc1cc(C=Nn2c(C3CCCCC3)nc3ccc(Br)cc3c2=O)cc(OC)c1OCc1ccc([N+](=O)[O-])cc1. The standard InChI is InChI=1S/C30H29BrN4O6/c1-39-26-14-20(15-27(40-2)28(26)41-18-19-8-11-23(12-9-19)35(37)38)17-32-34-29(21-6-4-3-5-7-21)33-25-13-10-22(31)16-24(25)30(34)36/h8-17,21H,3-7,18H2,1-2H3. The van der Waals surface area contributed by atoms with Crippen molar-refractivity contribution in [2.75, 3.05) is 14.2 Å². The molecule has 0 bridgehead atoms. The van der Waals surface area contributed by atoms with Gasteiger partial charge >= 0.3 is 0 Å². The Morgan fingerprint density at radius 2 is 1.73 bits per heavy atom. The van der Waals surface area contributed by atoms with Crippen molar-refractivity contribution in [3.8, 4) is 17.2 Å². The average molecular weight is 621 g/mol. The molecule has 4 aromatic rings. The molecule has 3 aromatic carbocycles. The van der Waals surface area contributed by atoms with Crippen LogP contribution >= 0.6 is 15.9 Å². The number of nitro benzene ring substituents is 1. The molecule has 10 nitrogen and oxygen atoms in total. The monoisotopic (exact) mass is 620 g/mol. The van der Waals surface area contributed by atoms with E-state index in [0.717, 1.165) is 35.7 Å². The molecule has 212 valence electrons. The van der Waals surface area contributed by atoms with Gasteiger partial charge in [0.05, 0.1) is 36.3 Å². The molecule has 1 fully saturated rings.